The molecule has 1 saturated carbocycles. The zero-order valence-corrected chi connectivity index (χ0v) is 10.8. The smallest absolute Gasteiger partial charge is 0.00696 e. The van der Waals surface area contributed by atoms with E-state index in [-0.39, 0.29) is 0 Å². The van der Waals surface area contributed by atoms with Crippen LogP contribution in [0.5, 0.6) is 0 Å². The second-order valence-electron chi connectivity index (χ2n) is 5.90. The van der Waals surface area contributed by atoms with Gasteiger partial charge in [0, 0.05) is 6.04 Å². The molecule has 2 unspecified atom stereocenters. The summed E-state index contributed by atoms with van der Waals surface area (Å²) in [7, 11) is 0. The number of hydrogen-bond donors (Lipinski definition) is 2. The van der Waals surface area contributed by atoms with E-state index in [9.17, 15) is 0 Å². The fourth-order valence-electron chi connectivity index (χ4n) is 3.26. The Balaban J connectivity index is 1.48. The van der Waals surface area contributed by atoms with E-state index >= 15 is 0 Å². The van der Waals surface area contributed by atoms with Crippen molar-refractivity contribution in [2.45, 2.75) is 57.9 Å². The van der Waals surface area contributed by atoms with Crippen molar-refractivity contribution in [3.05, 3.63) is 0 Å². The Bertz CT molecular complexity index is 180. The molecule has 2 atom stereocenters. The molecule has 0 amide bonds. The minimum atomic E-state index is 0.836. The van der Waals surface area contributed by atoms with Gasteiger partial charge in [-0.05, 0) is 76.4 Å². The molecule has 2 nitrogen and oxygen atoms in total. The van der Waals surface area contributed by atoms with E-state index in [0.29, 0.717) is 0 Å². The molecule has 1 aliphatic heterocycles. The van der Waals surface area contributed by atoms with Crippen LogP contribution in [0.3, 0.4) is 0 Å². The van der Waals surface area contributed by atoms with Crippen LogP contribution in [0.1, 0.15) is 51.9 Å². The van der Waals surface area contributed by atoms with Gasteiger partial charge in [-0.3, -0.25) is 0 Å². The van der Waals surface area contributed by atoms with Gasteiger partial charge >= 0.3 is 0 Å². The third kappa shape index (κ3) is 4.06. The van der Waals surface area contributed by atoms with Gasteiger partial charge in [0.05, 0.1) is 0 Å². The number of piperidine rings is 1. The van der Waals surface area contributed by atoms with Crippen LogP contribution in [-0.2, 0) is 0 Å². The maximum absolute atomic E-state index is 3.74. The summed E-state index contributed by atoms with van der Waals surface area (Å²) in [6, 6.07) is 0.836. The molecule has 2 fully saturated rings. The predicted octanol–water partition coefficient (Wildman–Crippen LogP) is 2.54. The molecule has 2 N–H and O–H groups in total. The van der Waals surface area contributed by atoms with E-state index in [1.807, 2.05) is 0 Å². The Hall–Kier alpha value is -0.0800. The first-order valence-electron chi connectivity index (χ1n) is 7.28. The van der Waals surface area contributed by atoms with Crippen LogP contribution in [0.4, 0.5) is 0 Å². The van der Waals surface area contributed by atoms with Gasteiger partial charge in [0.2, 0.25) is 0 Å². The maximum atomic E-state index is 3.74. The van der Waals surface area contributed by atoms with Crippen molar-refractivity contribution >= 4 is 0 Å². The van der Waals surface area contributed by atoms with Crippen molar-refractivity contribution in [3.8, 4) is 0 Å². The van der Waals surface area contributed by atoms with E-state index in [1.165, 1.54) is 64.6 Å². The number of hydrogen-bond acceptors (Lipinski definition) is 2. The van der Waals surface area contributed by atoms with Crippen LogP contribution in [-0.4, -0.2) is 25.7 Å². The fourth-order valence-corrected chi connectivity index (χ4v) is 3.26. The highest BCUT2D eigenvalue weighted by Crippen LogP contribution is 2.24. The molecule has 2 heteroatoms. The zero-order valence-electron chi connectivity index (χ0n) is 10.8. The summed E-state index contributed by atoms with van der Waals surface area (Å²) in [5, 5.41) is 7.18. The number of nitrogens with one attached hydrogen (secondary N) is 2. The summed E-state index contributed by atoms with van der Waals surface area (Å²) in [5.74, 6) is 1.97. The average molecular weight is 224 g/mol. The molecule has 1 saturated heterocycles. The van der Waals surface area contributed by atoms with E-state index in [2.05, 4.69) is 17.6 Å². The van der Waals surface area contributed by atoms with Crippen molar-refractivity contribution in [1.82, 2.24) is 10.6 Å². The quantitative estimate of drug-likeness (QED) is 0.701. The van der Waals surface area contributed by atoms with E-state index < -0.39 is 0 Å². The zero-order chi connectivity index (χ0) is 11.2. The van der Waals surface area contributed by atoms with Crippen molar-refractivity contribution in [1.29, 1.82) is 0 Å². The summed E-state index contributed by atoms with van der Waals surface area (Å²) in [5.41, 5.74) is 0. The third-order valence-corrected chi connectivity index (χ3v) is 4.38. The SMILES string of the molecule is CC1CCC(NCCCC2CCNCC2)C1. The maximum Gasteiger partial charge on any atom is 0.00696 e. The highest BCUT2D eigenvalue weighted by Gasteiger charge is 2.20. The highest BCUT2D eigenvalue weighted by atomic mass is 14.9. The van der Waals surface area contributed by atoms with Gasteiger partial charge in [-0.1, -0.05) is 6.92 Å². The monoisotopic (exact) mass is 224 g/mol. The van der Waals surface area contributed by atoms with Gasteiger partial charge < -0.3 is 10.6 Å². The summed E-state index contributed by atoms with van der Waals surface area (Å²) >= 11 is 0. The molecule has 0 aromatic carbocycles. The molecule has 1 heterocycles. The molecule has 0 radical (unpaired) electrons. The van der Waals surface area contributed by atoms with Crippen molar-refractivity contribution < 1.29 is 0 Å². The summed E-state index contributed by atoms with van der Waals surface area (Å²) < 4.78 is 0. The highest BCUT2D eigenvalue weighted by molar-refractivity contribution is 4.78. The molecule has 2 rings (SSSR count). The van der Waals surface area contributed by atoms with Crippen LogP contribution in [0.15, 0.2) is 0 Å². The largest absolute Gasteiger partial charge is 0.317 e. The minimum absolute atomic E-state index is 0.836. The van der Waals surface area contributed by atoms with Gasteiger partial charge in [0.25, 0.3) is 0 Å². The molecule has 2 aliphatic rings. The van der Waals surface area contributed by atoms with Gasteiger partial charge in [-0.15, -0.1) is 0 Å². The Labute approximate surface area is 101 Å². The second kappa shape index (κ2) is 6.61. The average Bonchev–Trinajstić information content (AvgIpc) is 2.72. The van der Waals surface area contributed by atoms with E-state index in [0.717, 1.165) is 17.9 Å². The Morgan fingerprint density at radius 3 is 2.62 bits per heavy atom. The lowest BCUT2D eigenvalue weighted by Crippen LogP contribution is -2.30. The molecular formula is C14H28N2. The van der Waals surface area contributed by atoms with Crippen molar-refractivity contribution in [2.24, 2.45) is 11.8 Å². The lowest BCUT2D eigenvalue weighted by molar-refractivity contribution is 0.341. The van der Waals surface area contributed by atoms with Crippen LogP contribution >= 0.6 is 0 Å². The van der Waals surface area contributed by atoms with Gasteiger partial charge in [0.15, 0.2) is 0 Å². The Morgan fingerprint density at radius 1 is 1.12 bits per heavy atom. The summed E-state index contributed by atoms with van der Waals surface area (Å²) in [4.78, 5) is 0. The summed E-state index contributed by atoms with van der Waals surface area (Å²) in [6.45, 7) is 6.13. The predicted molar refractivity (Wildman–Crippen MR) is 69.6 cm³/mol. The van der Waals surface area contributed by atoms with Crippen molar-refractivity contribution in [3.63, 3.8) is 0 Å². The topological polar surface area (TPSA) is 24.1 Å². The number of rotatable bonds is 5. The van der Waals surface area contributed by atoms with Gasteiger partial charge in [-0.25, -0.2) is 0 Å². The molecule has 0 aromatic heterocycles. The second-order valence-corrected chi connectivity index (χ2v) is 5.90. The standard InChI is InChI=1S/C14H28N2/c1-12-4-5-14(11-12)16-8-2-3-13-6-9-15-10-7-13/h12-16H,2-11H2,1H3. The van der Waals surface area contributed by atoms with E-state index in [1.54, 1.807) is 0 Å². The first-order valence-corrected chi connectivity index (χ1v) is 7.28. The normalized spacial score (nSPS) is 32.1. The van der Waals surface area contributed by atoms with Crippen LogP contribution in [0, 0.1) is 11.8 Å². The van der Waals surface area contributed by atoms with Gasteiger partial charge in [-0.2, -0.15) is 0 Å². The van der Waals surface area contributed by atoms with E-state index in [4.69, 9.17) is 0 Å². The molecule has 0 aromatic rings. The molecule has 16 heavy (non-hydrogen) atoms. The lowest BCUT2D eigenvalue weighted by atomic mass is 9.93. The first kappa shape index (κ1) is 12.4. The fraction of sp³-hybridized carbons (Fsp3) is 1.00. The lowest BCUT2D eigenvalue weighted by Gasteiger charge is -2.22. The van der Waals surface area contributed by atoms with Crippen LogP contribution in [0.25, 0.3) is 0 Å². The molecule has 94 valence electrons. The minimum Gasteiger partial charge on any atom is -0.317 e. The van der Waals surface area contributed by atoms with Crippen LogP contribution in [0.2, 0.25) is 0 Å². The Morgan fingerprint density at radius 2 is 1.94 bits per heavy atom. The van der Waals surface area contributed by atoms with Crippen molar-refractivity contribution in [2.75, 3.05) is 19.6 Å². The first-order chi connectivity index (χ1) is 7.84. The molecular weight excluding hydrogens is 196 g/mol. The molecule has 0 bridgehead atoms. The Kier molecular flexibility index (Phi) is 5.11. The molecule has 0 spiro atoms. The third-order valence-electron chi connectivity index (χ3n) is 4.38. The molecule has 1 aliphatic carbocycles. The summed E-state index contributed by atoms with van der Waals surface area (Å²) in [6.07, 6.45) is 9.89. The van der Waals surface area contributed by atoms with Crippen LogP contribution < -0.4 is 10.6 Å². The van der Waals surface area contributed by atoms with Gasteiger partial charge in [0.1, 0.15) is 0 Å².